The molecule has 2 heterocycles. The van der Waals surface area contributed by atoms with Crippen molar-refractivity contribution in [2.24, 2.45) is 5.92 Å². The number of benzene rings is 1. The Kier molecular flexibility index (Phi) is 10.9. The lowest BCUT2D eigenvalue weighted by Crippen LogP contribution is -2.60. The fraction of sp³-hybridized carbons (Fsp3) is 0.543. The highest BCUT2D eigenvalue weighted by molar-refractivity contribution is 7.91. The molecule has 1 aromatic rings. The SMILES string of the molecule is C=CC(=O)O[C@H](C)[C@H](NC(=O)OC(C)(C)C)C(=O)N1C[C@H](OC(=O)N2Cc3cccc(F)c3C2)C[C@H]1C(=O)N[C@]1(C(=O)NS(=O)(=O)C2CC2)C[C@H]1C=C. The topological polar surface area (TPSA) is 207 Å². The van der Waals surface area contributed by atoms with Crippen LogP contribution in [-0.4, -0.2) is 101 Å². The molecular weight excluding hydrogens is 717 g/mol. The second-order valence-corrected chi connectivity index (χ2v) is 16.6. The lowest BCUT2D eigenvalue weighted by molar-refractivity contribution is -0.150. The number of esters is 1. The molecule has 6 atom stereocenters. The summed E-state index contributed by atoms with van der Waals surface area (Å²) in [5.74, 6) is -4.81. The fourth-order valence-corrected chi connectivity index (χ4v) is 7.78. The monoisotopic (exact) mass is 761 g/mol. The van der Waals surface area contributed by atoms with Gasteiger partial charge in [-0.05, 0) is 58.6 Å². The van der Waals surface area contributed by atoms with Crippen LogP contribution in [0.4, 0.5) is 14.0 Å². The Labute approximate surface area is 306 Å². The normalized spacial score (nSPS) is 24.5. The maximum absolute atomic E-state index is 14.4. The summed E-state index contributed by atoms with van der Waals surface area (Å²) in [7, 11) is -3.99. The number of hydrogen-bond acceptors (Lipinski definition) is 11. The Morgan fingerprint density at radius 1 is 1.09 bits per heavy atom. The van der Waals surface area contributed by atoms with E-state index in [2.05, 4.69) is 28.5 Å². The first-order chi connectivity index (χ1) is 24.8. The van der Waals surface area contributed by atoms with Crippen molar-refractivity contribution in [1.29, 1.82) is 0 Å². The van der Waals surface area contributed by atoms with Gasteiger partial charge in [-0.3, -0.25) is 24.0 Å². The average Bonchev–Trinajstić information content (AvgIpc) is 3.96. The molecule has 2 aliphatic heterocycles. The number of amides is 5. The Morgan fingerprint density at radius 2 is 1.79 bits per heavy atom. The van der Waals surface area contributed by atoms with E-state index in [1.807, 2.05) is 0 Å². The van der Waals surface area contributed by atoms with Crippen LogP contribution in [-0.2, 0) is 56.5 Å². The third-order valence-electron chi connectivity index (χ3n) is 9.43. The average molecular weight is 762 g/mol. The zero-order chi connectivity index (χ0) is 39.0. The minimum atomic E-state index is -3.99. The van der Waals surface area contributed by atoms with Gasteiger partial charge in [0.05, 0.1) is 18.3 Å². The summed E-state index contributed by atoms with van der Waals surface area (Å²) in [5.41, 5.74) is -1.76. The highest BCUT2D eigenvalue weighted by Crippen LogP contribution is 2.45. The largest absolute Gasteiger partial charge is 0.457 e. The van der Waals surface area contributed by atoms with Crippen molar-refractivity contribution >= 4 is 45.9 Å². The summed E-state index contributed by atoms with van der Waals surface area (Å²) in [4.78, 5) is 82.5. The molecule has 288 valence electrons. The zero-order valence-corrected chi connectivity index (χ0v) is 30.7. The van der Waals surface area contributed by atoms with E-state index in [-0.39, 0.29) is 32.5 Å². The first-order valence-electron chi connectivity index (χ1n) is 17.1. The van der Waals surface area contributed by atoms with Crippen LogP contribution in [0.1, 0.15) is 64.5 Å². The van der Waals surface area contributed by atoms with E-state index >= 15 is 0 Å². The van der Waals surface area contributed by atoms with Crippen LogP contribution in [0.5, 0.6) is 0 Å². The molecule has 1 aromatic carbocycles. The van der Waals surface area contributed by atoms with Gasteiger partial charge in [0.25, 0.3) is 5.91 Å². The van der Waals surface area contributed by atoms with E-state index in [0.717, 1.165) is 11.0 Å². The van der Waals surface area contributed by atoms with Crippen molar-refractivity contribution in [2.75, 3.05) is 6.54 Å². The van der Waals surface area contributed by atoms with E-state index in [1.165, 1.54) is 30.0 Å². The quantitative estimate of drug-likeness (QED) is 0.121. The summed E-state index contributed by atoms with van der Waals surface area (Å²) < 4.78 is 58.1. The summed E-state index contributed by atoms with van der Waals surface area (Å²) in [6.45, 7) is 12.7. The molecule has 3 fully saturated rings. The number of ether oxygens (including phenoxy) is 3. The number of likely N-dealkylation sites (tertiary alicyclic amines) is 1. The van der Waals surface area contributed by atoms with Crippen LogP contribution < -0.4 is 15.4 Å². The van der Waals surface area contributed by atoms with Crippen LogP contribution >= 0.6 is 0 Å². The van der Waals surface area contributed by atoms with Crippen molar-refractivity contribution in [1.82, 2.24) is 25.2 Å². The number of nitrogens with one attached hydrogen (secondary N) is 3. The Bertz CT molecular complexity index is 1830. The molecule has 0 aromatic heterocycles. The molecule has 0 unspecified atom stereocenters. The Morgan fingerprint density at radius 3 is 2.38 bits per heavy atom. The number of sulfonamides is 1. The molecule has 4 aliphatic rings. The second kappa shape index (κ2) is 14.8. The Hall–Kier alpha value is -5.00. The first-order valence-corrected chi connectivity index (χ1v) is 18.7. The van der Waals surface area contributed by atoms with Gasteiger partial charge in [0, 0.05) is 30.5 Å². The van der Waals surface area contributed by atoms with E-state index in [9.17, 15) is 41.6 Å². The van der Waals surface area contributed by atoms with Crippen molar-refractivity contribution < 1.29 is 55.8 Å². The van der Waals surface area contributed by atoms with Crippen molar-refractivity contribution in [3.8, 4) is 0 Å². The number of alkyl carbamates (subject to hydrolysis) is 1. The fourth-order valence-electron chi connectivity index (χ4n) is 6.41. The molecule has 2 saturated carbocycles. The van der Waals surface area contributed by atoms with Crippen molar-refractivity contribution in [3.05, 3.63) is 60.5 Å². The van der Waals surface area contributed by atoms with Gasteiger partial charge in [0.2, 0.25) is 21.8 Å². The smallest absolute Gasteiger partial charge is 0.410 e. The molecule has 0 bridgehead atoms. The van der Waals surface area contributed by atoms with E-state index in [4.69, 9.17) is 14.2 Å². The van der Waals surface area contributed by atoms with E-state index in [0.29, 0.717) is 24.0 Å². The number of carbonyl (C=O) groups is 6. The number of hydrogen-bond donors (Lipinski definition) is 3. The predicted octanol–water partition coefficient (Wildman–Crippen LogP) is 1.93. The van der Waals surface area contributed by atoms with Gasteiger partial charge in [-0.2, -0.15) is 0 Å². The molecule has 0 radical (unpaired) electrons. The van der Waals surface area contributed by atoms with Gasteiger partial charge < -0.3 is 29.7 Å². The van der Waals surface area contributed by atoms with Gasteiger partial charge in [-0.15, -0.1) is 6.58 Å². The summed E-state index contributed by atoms with van der Waals surface area (Å²) in [6, 6.07) is 1.41. The molecule has 5 amide bonds. The predicted molar refractivity (Wildman–Crippen MR) is 184 cm³/mol. The van der Waals surface area contributed by atoms with Crippen LogP contribution in [0.15, 0.2) is 43.5 Å². The molecule has 1 saturated heterocycles. The van der Waals surface area contributed by atoms with Crippen molar-refractivity contribution in [2.45, 2.75) is 107 Å². The molecule has 16 nitrogen and oxygen atoms in total. The number of fused-ring (bicyclic) bond motifs is 1. The van der Waals surface area contributed by atoms with Gasteiger partial charge in [-0.25, -0.2) is 27.2 Å². The third kappa shape index (κ3) is 8.80. The minimum Gasteiger partial charge on any atom is -0.457 e. The Balaban J connectivity index is 1.41. The standard InChI is InChI=1S/C35H44FN5O11S/c1-7-21-15-35(21,31(45)39-53(48,49)23-12-13-23)38-29(43)26-14-22(51-33(47)40-16-20-10-9-11-25(36)24(20)18-40)17-41(26)30(44)28(19(3)50-27(42)8-2)37-32(46)52-34(4,5)6/h7-11,19,21-23,26,28H,1-2,12-18H2,3-6H3,(H,37,46)(H,38,43)(H,39,45)/t19-,21-,22-,26+,28+,35-/m1/s1. The molecule has 5 rings (SSSR count). The number of rotatable bonds is 12. The van der Waals surface area contributed by atoms with E-state index in [1.54, 1.807) is 26.8 Å². The van der Waals surface area contributed by atoms with Gasteiger partial charge in [-0.1, -0.05) is 24.8 Å². The van der Waals surface area contributed by atoms with Crippen LogP contribution in [0, 0.1) is 11.7 Å². The number of carbonyl (C=O) groups excluding carboxylic acids is 6. The van der Waals surface area contributed by atoms with Crippen LogP contribution in [0.2, 0.25) is 0 Å². The second-order valence-electron chi connectivity index (χ2n) is 14.6. The van der Waals surface area contributed by atoms with E-state index < -0.39 is 98.3 Å². The maximum atomic E-state index is 14.4. The highest BCUT2D eigenvalue weighted by atomic mass is 32.2. The molecule has 3 N–H and O–H groups in total. The van der Waals surface area contributed by atoms with Crippen LogP contribution in [0.3, 0.4) is 0 Å². The molecule has 53 heavy (non-hydrogen) atoms. The highest BCUT2D eigenvalue weighted by Gasteiger charge is 2.62. The molecule has 0 spiro atoms. The molecular formula is C35H44FN5O11S. The lowest BCUT2D eigenvalue weighted by Gasteiger charge is -2.32. The summed E-state index contributed by atoms with van der Waals surface area (Å²) in [5, 5.41) is 4.30. The van der Waals surface area contributed by atoms with Gasteiger partial charge >= 0.3 is 18.2 Å². The molecule has 18 heteroatoms. The van der Waals surface area contributed by atoms with Crippen LogP contribution in [0.25, 0.3) is 0 Å². The maximum Gasteiger partial charge on any atom is 0.410 e. The lowest BCUT2D eigenvalue weighted by atomic mass is 10.1. The zero-order valence-electron chi connectivity index (χ0n) is 29.9. The number of halogens is 1. The third-order valence-corrected chi connectivity index (χ3v) is 11.2. The summed E-state index contributed by atoms with van der Waals surface area (Å²) in [6.07, 6.45) is -1.54. The summed E-state index contributed by atoms with van der Waals surface area (Å²) >= 11 is 0. The molecule has 2 aliphatic carbocycles. The van der Waals surface area contributed by atoms with Crippen molar-refractivity contribution in [3.63, 3.8) is 0 Å². The first kappa shape index (κ1) is 39.2. The van der Waals surface area contributed by atoms with Gasteiger partial charge in [0.15, 0.2) is 0 Å². The minimum absolute atomic E-state index is 0.0246. The number of nitrogens with zero attached hydrogens (tertiary/aromatic N) is 2. The van der Waals surface area contributed by atoms with Gasteiger partial charge in [0.1, 0.15) is 41.2 Å².